The summed E-state index contributed by atoms with van der Waals surface area (Å²) < 4.78 is 2.08. The number of thioether (sulfide) groups is 1. The largest absolute Gasteiger partial charge is 0.352 e. The zero-order chi connectivity index (χ0) is 18.1. The van der Waals surface area contributed by atoms with E-state index in [0.717, 1.165) is 8.79 Å². The van der Waals surface area contributed by atoms with Gasteiger partial charge < -0.3 is 4.90 Å². The number of halogens is 1. The van der Waals surface area contributed by atoms with Crippen LogP contribution in [0.2, 0.25) is 0 Å². The van der Waals surface area contributed by atoms with Crippen LogP contribution in [0.15, 0.2) is 57.9 Å². The van der Waals surface area contributed by atoms with Crippen molar-refractivity contribution >= 4 is 65.8 Å². The van der Waals surface area contributed by atoms with Crippen LogP contribution >= 0.6 is 39.9 Å². The normalized spacial score (nSPS) is 11.6. The lowest BCUT2D eigenvalue weighted by molar-refractivity contribution is 0.303. The minimum Gasteiger partial charge on any atom is -0.352 e. The number of benzene rings is 3. The molecule has 0 aliphatic carbocycles. The van der Waals surface area contributed by atoms with Crippen molar-refractivity contribution in [1.29, 1.82) is 0 Å². The molecule has 0 saturated heterocycles. The van der Waals surface area contributed by atoms with E-state index < -0.39 is 0 Å². The van der Waals surface area contributed by atoms with E-state index in [0.29, 0.717) is 12.1 Å². The maximum atomic E-state index is 5.85. The predicted octanol–water partition coefficient (Wildman–Crippen LogP) is 7.25. The average molecular weight is 432 g/mol. The number of fused-ring (bicyclic) bond motifs is 2. The third kappa shape index (κ3) is 3.57. The number of thiocarbonyl (C=S) groups is 1. The first kappa shape index (κ1) is 18.7. The lowest BCUT2D eigenvalue weighted by atomic mass is 10.0. The van der Waals surface area contributed by atoms with E-state index in [1.54, 1.807) is 11.8 Å². The fourth-order valence-electron chi connectivity index (χ4n) is 3.30. The molecule has 0 fully saturated rings. The Kier molecular flexibility index (Phi) is 5.71. The van der Waals surface area contributed by atoms with Crippen molar-refractivity contribution in [1.82, 2.24) is 4.90 Å². The third-order valence-corrected chi connectivity index (χ3v) is 6.67. The second-order valence-electron chi connectivity index (χ2n) is 6.70. The van der Waals surface area contributed by atoms with Gasteiger partial charge >= 0.3 is 0 Å². The lowest BCUT2D eigenvalue weighted by Crippen LogP contribution is -2.39. The molecule has 0 aromatic heterocycles. The molecule has 4 heteroatoms. The molecule has 0 saturated carbocycles. The molecule has 0 heterocycles. The van der Waals surface area contributed by atoms with Crippen molar-refractivity contribution in [3.05, 3.63) is 53.0 Å². The summed E-state index contributed by atoms with van der Waals surface area (Å²) in [5.74, 6) is 0. The summed E-state index contributed by atoms with van der Waals surface area (Å²) >= 11 is 11.4. The molecule has 0 unspecified atom stereocenters. The molecule has 0 amide bonds. The van der Waals surface area contributed by atoms with Crippen molar-refractivity contribution in [2.75, 3.05) is 0 Å². The summed E-state index contributed by atoms with van der Waals surface area (Å²) in [5, 5.41) is 4.94. The average Bonchev–Trinajstić information content (AvgIpc) is 2.58. The maximum Gasteiger partial charge on any atom is 0.141 e. The molecule has 0 radical (unpaired) electrons. The highest BCUT2D eigenvalue weighted by atomic mass is 79.9. The van der Waals surface area contributed by atoms with Gasteiger partial charge in [0.2, 0.25) is 0 Å². The standard InChI is InChI=1S/C21H22BrNS2/c1-13(2)23(14(3)4)21(24)25-20-17-11-7-5-9-15(17)19(22)16-10-6-8-12-18(16)20/h5-14H,1-4H3. The number of hydrogen-bond acceptors (Lipinski definition) is 2. The number of rotatable bonds is 3. The van der Waals surface area contributed by atoms with Gasteiger partial charge in [-0.15, -0.1) is 0 Å². The second kappa shape index (κ2) is 7.65. The van der Waals surface area contributed by atoms with Gasteiger partial charge in [-0.3, -0.25) is 0 Å². The van der Waals surface area contributed by atoms with Crippen LogP contribution in [-0.2, 0) is 0 Å². The summed E-state index contributed by atoms with van der Waals surface area (Å²) in [5.41, 5.74) is 0. The Bertz CT molecular complexity index is 869. The highest BCUT2D eigenvalue weighted by Gasteiger charge is 2.20. The Morgan fingerprint density at radius 1 is 0.840 bits per heavy atom. The van der Waals surface area contributed by atoms with Gasteiger partial charge in [0.1, 0.15) is 4.32 Å². The smallest absolute Gasteiger partial charge is 0.141 e. The molecular weight excluding hydrogens is 410 g/mol. The maximum absolute atomic E-state index is 5.85. The molecular formula is C21H22BrNS2. The van der Waals surface area contributed by atoms with Gasteiger partial charge in [0.05, 0.1) is 0 Å². The minimum atomic E-state index is 0.382. The van der Waals surface area contributed by atoms with Crippen LogP contribution in [0.3, 0.4) is 0 Å². The van der Waals surface area contributed by atoms with Crippen LogP contribution in [0.25, 0.3) is 21.5 Å². The number of nitrogens with zero attached hydrogens (tertiary/aromatic N) is 1. The Morgan fingerprint density at radius 2 is 1.24 bits per heavy atom. The lowest BCUT2D eigenvalue weighted by Gasteiger charge is -2.33. The van der Waals surface area contributed by atoms with Crippen LogP contribution < -0.4 is 0 Å². The highest BCUT2D eigenvalue weighted by Crippen LogP contribution is 2.42. The molecule has 0 aliphatic heterocycles. The predicted molar refractivity (Wildman–Crippen MR) is 120 cm³/mol. The monoisotopic (exact) mass is 431 g/mol. The van der Waals surface area contributed by atoms with E-state index in [-0.39, 0.29) is 0 Å². The molecule has 0 bridgehead atoms. The van der Waals surface area contributed by atoms with Crippen molar-refractivity contribution < 1.29 is 0 Å². The van der Waals surface area contributed by atoms with E-state index in [9.17, 15) is 0 Å². The Morgan fingerprint density at radius 3 is 1.64 bits per heavy atom. The first-order chi connectivity index (χ1) is 11.9. The zero-order valence-corrected chi connectivity index (χ0v) is 18.1. The third-order valence-electron chi connectivity index (χ3n) is 4.33. The molecule has 0 N–H and O–H groups in total. The Balaban J connectivity index is 2.20. The summed E-state index contributed by atoms with van der Waals surface area (Å²) in [4.78, 5) is 3.55. The molecule has 25 heavy (non-hydrogen) atoms. The first-order valence-corrected chi connectivity index (χ1v) is 10.5. The van der Waals surface area contributed by atoms with Gasteiger partial charge in [-0.2, -0.15) is 0 Å². The fourth-order valence-corrected chi connectivity index (χ4v) is 5.94. The molecule has 130 valence electrons. The first-order valence-electron chi connectivity index (χ1n) is 8.51. The SMILES string of the molecule is CC(C)N(C(=S)Sc1c2ccccc2c(Br)c2ccccc12)C(C)C. The van der Waals surface area contributed by atoms with Crippen molar-refractivity contribution in [3.63, 3.8) is 0 Å². The van der Waals surface area contributed by atoms with Gasteiger partial charge in [-0.25, -0.2) is 0 Å². The molecule has 3 aromatic rings. The quantitative estimate of drug-likeness (QED) is 0.244. The molecule has 0 atom stereocenters. The topological polar surface area (TPSA) is 3.24 Å². The fraction of sp³-hybridized carbons (Fsp3) is 0.286. The number of hydrogen-bond donors (Lipinski definition) is 0. The van der Waals surface area contributed by atoms with Crippen LogP contribution in [0.1, 0.15) is 27.7 Å². The highest BCUT2D eigenvalue weighted by molar-refractivity contribution is 9.10. The van der Waals surface area contributed by atoms with E-state index in [1.807, 2.05) is 0 Å². The molecule has 0 aliphatic rings. The van der Waals surface area contributed by atoms with Gasteiger partial charge in [0.25, 0.3) is 0 Å². The molecule has 3 aromatic carbocycles. The summed E-state index contributed by atoms with van der Waals surface area (Å²) in [7, 11) is 0. The molecule has 1 nitrogen and oxygen atoms in total. The van der Waals surface area contributed by atoms with Gasteiger partial charge in [0.15, 0.2) is 0 Å². The van der Waals surface area contributed by atoms with Crippen LogP contribution in [0, 0.1) is 0 Å². The van der Waals surface area contributed by atoms with Crippen molar-refractivity contribution in [2.45, 2.75) is 44.7 Å². The zero-order valence-electron chi connectivity index (χ0n) is 14.9. The van der Waals surface area contributed by atoms with Crippen molar-refractivity contribution in [2.24, 2.45) is 0 Å². The van der Waals surface area contributed by atoms with Crippen LogP contribution in [0.4, 0.5) is 0 Å². The van der Waals surface area contributed by atoms with E-state index >= 15 is 0 Å². The van der Waals surface area contributed by atoms with E-state index in [1.165, 1.54) is 26.4 Å². The van der Waals surface area contributed by atoms with E-state index in [2.05, 4.69) is 97.1 Å². The van der Waals surface area contributed by atoms with Gasteiger partial charge in [-0.05, 0) is 65.2 Å². The molecule has 3 rings (SSSR count). The Labute approximate surface area is 167 Å². The molecule has 0 spiro atoms. The van der Waals surface area contributed by atoms with Crippen molar-refractivity contribution in [3.8, 4) is 0 Å². The van der Waals surface area contributed by atoms with E-state index in [4.69, 9.17) is 12.2 Å². The van der Waals surface area contributed by atoms with Gasteiger partial charge in [0, 0.05) is 21.5 Å². The second-order valence-corrected chi connectivity index (χ2v) is 9.13. The Hall–Kier alpha value is -1.10. The summed E-state index contributed by atoms with van der Waals surface area (Å²) in [6, 6.07) is 17.8. The van der Waals surface area contributed by atoms with Crippen LogP contribution in [-0.4, -0.2) is 21.3 Å². The summed E-state index contributed by atoms with van der Waals surface area (Å²) in [6.45, 7) is 8.80. The van der Waals surface area contributed by atoms with Gasteiger partial charge in [-0.1, -0.05) is 72.5 Å². The van der Waals surface area contributed by atoms with Crippen LogP contribution in [0.5, 0.6) is 0 Å². The minimum absolute atomic E-state index is 0.382. The summed E-state index contributed by atoms with van der Waals surface area (Å²) in [6.07, 6.45) is 0.